The first-order chi connectivity index (χ1) is 10.1. The van der Waals surface area contributed by atoms with Gasteiger partial charge in [-0.1, -0.05) is 31.4 Å². The Morgan fingerprint density at radius 3 is 2.67 bits per heavy atom. The van der Waals surface area contributed by atoms with Crippen LogP contribution in [0.1, 0.15) is 32.1 Å². The maximum Gasteiger partial charge on any atom is 0.233 e. The smallest absolute Gasteiger partial charge is 0.233 e. The number of nitrogens with zero attached hydrogens (tertiary/aromatic N) is 2. The van der Waals surface area contributed by atoms with Crippen LogP contribution in [0.25, 0.3) is 0 Å². The van der Waals surface area contributed by atoms with E-state index < -0.39 is 5.54 Å². The highest BCUT2D eigenvalue weighted by Crippen LogP contribution is 2.34. The highest BCUT2D eigenvalue weighted by molar-refractivity contribution is 8.00. The Kier molecular flexibility index (Phi) is 5.13. The molecule has 1 amide bonds. The van der Waals surface area contributed by atoms with Gasteiger partial charge in [-0.25, -0.2) is 0 Å². The van der Waals surface area contributed by atoms with Gasteiger partial charge in [0.05, 0.1) is 11.8 Å². The quantitative estimate of drug-likeness (QED) is 0.868. The number of phenols is 1. The summed E-state index contributed by atoms with van der Waals surface area (Å²) in [6.07, 6.45) is 4.65. The monoisotopic (exact) mass is 304 g/mol. The second-order valence-corrected chi connectivity index (χ2v) is 6.43. The largest absolute Gasteiger partial charge is 0.507 e. The Morgan fingerprint density at radius 2 is 2.05 bits per heavy atom. The number of rotatable bonds is 4. The predicted octanol–water partition coefficient (Wildman–Crippen LogP) is 3.17. The molecule has 1 aliphatic carbocycles. The van der Waals surface area contributed by atoms with E-state index in [9.17, 15) is 15.2 Å². The van der Waals surface area contributed by atoms with Gasteiger partial charge < -0.3 is 10.0 Å². The molecule has 1 N–H and O–H groups in total. The zero-order valence-corrected chi connectivity index (χ0v) is 13.0. The number of benzene rings is 1. The van der Waals surface area contributed by atoms with Gasteiger partial charge in [0.15, 0.2) is 0 Å². The van der Waals surface area contributed by atoms with Crippen LogP contribution in [0.5, 0.6) is 5.75 Å². The van der Waals surface area contributed by atoms with Gasteiger partial charge in [-0.15, -0.1) is 11.8 Å². The van der Waals surface area contributed by atoms with Gasteiger partial charge in [-0.2, -0.15) is 5.26 Å². The van der Waals surface area contributed by atoms with Crippen molar-refractivity contribution >= 4 is 17.7 Å². The predicted molar refractivity (Wildman–Crippen MR) is 83.0 cm³/mol. The molecule has 0 aliphatic heterocycles. The molecule has 1 aromatic rings. The van der Waals surface area contributed by atoms with Crippen LogP contribution in [0.2, 0.25) is 0 Å². The Morgan fingerprint density at radius 1 is 1.38 bits per heavy atom. The van der Waals surface area contributed by atoms with E-state index in [1.807, 2.05) is 6.07 Å². The average Bonchev–Trinajstić information content (AvgIpc) is 2.53. The number of hydrogen-bond acceptors (Lipinski definition) is 4. The van der Waals surface area contributed by atoms with Gasteiger partial charge in [-0.3, -0.25) is 4.79 Å². The molecule has 1 aromatic carbocycles. The zero-order chi connectivity index (χ0) is 15.3. The van der Waals surface area contributed by atoms with E-state index >= 15 is 0 Å². The summed E-state index contributed by atoms with van der Waals surface area (Å²) in [6.45, 7) is 0. The summed E-state index contributed by atoms with van der Waals surface area (Å²) in [7, 11) is 1.72. The van der Waals surface area contributed by atoms with Crippen LogP contribution in [-0.4, -0.2) is 34.3 Å². The number of amides is 1. The summed E-state index contributed by atoms with van der Waals surface area (Å²) in [6, 6.07) is 9.32. The number of carbonyl (C=O) groups is 1. The van der Waals surface area contributed by atoms with Gasteiger partial charge in [-0.05, 0) is 25.0 Å². The third-order valence-electron chi connectivity index (χ3n) is 4.12. The van der Waals surface area contributed by atoms with Crippen LogP contribution in [-0.2, 0) is 4.79 Å². The first-order valence-electron chi connectivity index (χ1n) is 7.18. The fraction of sp³-hybridized carbons (Fsp3) is 0.500. The maximum absolute atomic E-state index is 12.4. The van der Waals surface area contributed by atoms with Crippen molar-refractivity contribution in [1.82, 2.24) is 4.90 Å². The zero-order valence-electron chi connectivity index (χ0n) is 12.2. The van der Waals surface area contributed by atoms with Crippen LogP contribution in [0.15, 0.2) is 29.2 Å². The molecule has 5 heteroatoms. The molecule has 0 aromatic heterocycles. The average molecular weight is 304 g/mol. The molecule has 0 heterocycles. The minimum Gasteiger partial charge on any atom is -0.507 e. The van der Waals surface area contributed by atoms with Crippen LogP contribution in [0.4, 0.5) is 0 Å². The lowest BCUT2D eigenvalue weighted by Gasteiger charge is -2.39. The van der Waals surface area contributed by atoms with Crippen molar-refractivity contribution in [3.05, 3.63) is 24.3 Å². The first-order valence-corrected chi connectivity index (χ1v) is 8.16. The molecule has 112 valence electrons. The molecule has 2 rings (SSSR count). The maximum atomic E-state index is 12.4. The van der Waals surface area contributed by atoms with Crippen LogP contribution < -0.4 is 0 Å². The minimum atomic E-state index is -0.644. The standard InChI is InChI=1S/C16H20N2O2S/c1-18(16(12-17)9-5-2-6-10-16)15(20)11-21-14-8-4-3-7-13(14)19/h3-4,7-8,19H,2,5-6,9-11H2,1H3. The van der Waals surface area contributed by atoms with Crippen molar-refractivity contribution in [3.63, 3.8) is 0 Å². The number of aromatic hydroxyl groups is 1. The van der Waals surface area contributed by atoms with Crippen molar-refractivity contribution < 1.29 is 9.90 Å². The van der Waals surface area contributed by atoms with Crippen molar-refractivity contribution in [2.24, 2.45) is 0 Å². The SMILES string of the molecule is CN(C(=O)CSc1ccccc1O)C1(C#N)CCCCC1. The lowest BCUT2D eigenvalue weighted by atomic mass is 9.81. The second kappa shape index (κ2) is 6.86. The van der Waals surface area contributed by atoms with E-state index in [0.717, 1.165) is 32.1 Å². The summed E-state index contributed by atoms with van der Waals surface area (Å²) in [5, 5.41) is 19.2. The van der Waals surface area contributed by atoms with Gasteiger partial charge in [0.2, 0.25) is 5.91 Å². The third kappa shape index (κ3) is 3.51. The van der Waals surface area contributed by atoms with E-state index in [1.165, 1.54) is 11.8 Å². The molecule has 4 nitrogen and oxygen atoms in total. The van der Waals surface area contributed by atoms with Crippen molar-refractivity contribution in [3.8, 4) is 11.8 Å². The Hall–Kier alpha value is -1.67. The van der Waals surface area contributed by atoms with Crippen LogP contribution in [0, 0.1) is 11.3 Å². The van der Waals surface area contributed by atoms with Gasteiger partial charge in [0, 0.05) is 11.9 Å². The van der Waals surface area contributed by atoms with E-state index in [0.29, 0.717) is 4.90 Å². The minimum absolute atomic E-state index is 0.0632. The molecule has 21 heavy (non-hydrogen) atoms. The Bertz CT molecular complexity index is 547. The molecule has 0 unspecified atom stereocenters. The first kappa shape index (κ1) is 15.7. The van der Waals surface area contributed by atoms with Gasteiger partial charge in [0.25, 0.3) is 0 Å². The van der Waals surface area contributed by atoms with Gasteiger partial charge >= 0.3 is 0 Å². The summed E-state index contributed by atoms with van der Waals surface area (Å²) in [4.78, 5) is 14.7. The van der Waals surface area contributed by atoms with Crippen molar-refractivity contribution in [2.75, 3.05) is 12.8 Å². The Labute approximate surface area is 129 Å². The summed E-state index contributed by atoms with van der Waals surface area (Å²) in [5.74, 6) is 0.356. The molecule has 0 radical (unpaired) electrons. The van der Waals surface area contributed by atoms with E-state index in [2.05, 4.69) is 6.07 Å². The Balaban J connectivity index is 1.99. The number of thioether (sulfide) groups is 1. The lowest BCUT2D eigenvalue weighted by molar-refractivity contribution is -0.131. The number of nitriles is 1. The molecular formula is C16H20N2O2S. The van der Waals surface area contributed by atoms with Crippen LogP contribution >= 0.6 is 11.8 Å². The topological polar surface area (TPSA) is 64.3 Å². The van der Waals surface area contributed by atoms with Gasteiger partial charge in [0.1, 0.15) is 11.3 Å². The van der Waals surface area contributed by atoms with E-state index in [-0.39, 0.29) is 17.4 Å². The lowest BCUT2D eigenvalue weighted by Crippen LogP contribution is -2.50. The molecule has 1 saturated carbocycles. The molecular weight excluding hydrogens is 284 g/mol. The number of para-hydroxylation sites is 1. The van der Waals surface area contributed by atoms with Crippen LogP contribution in [0.3, 0.4) is 0 Å². The molecule has 0 saturated heterocycles. The third-order valence-corrected chi connectivity index (χ3v) is 5.17. The van der Waals surface area contributed by atoms with Crippen molar-refractivity contribution in [2.45, 2.75) is 42.5 Å². The number of carbonyl (C=O) groups excluding carboxylic acids is 1. The molecule has 0 atom stereocenters. The summed E-state index contributed by atoms with van der Waals surface area (Å²) in [5.41, 5.74) is -0.644. The fourth-order valence-corrected chi connectivity index (χ4v) is 3.58. The molecule has 0 bridgehead atoms. The van der Waals surface area contributed by atoms with E-state index in [4.69, 9.17) is 0 Å². The summed E-state index contributed by atoms with van der Waals surface area (Å²) >= 11 is 1.31. The molecule has 0 spiro atoms. The van der Waals surface area contributed by atoms with Crippen molar-refractivity contribution in [1.29, 1.82) is 5.26 Å². The fourth-order valence-electron chi connectivity index (χ4n) is 2.71. The normalized spacial score (nSPS) is 17.0. The van der Waals surface area contributed by atoms with E-state index in [1.54, 1.807) is 30.1 Å². The molecule has 1 fully saturated rings. The highest BCUT2D eigenvalue weighted by atomic mass is 32.2. The second-order valence-electron chi connectivity index (χ2n) is 5.41. The number of hydrogen-bond donors (Lipinski definition) is 1. The molecule has 1 aliphatic rings. The number of phenolic OH excluding ortho intramolecular Hbond substituents is 1. The summed E-state index contributed by atoms with van der Waals surface area (Å²) < 4.78 is 0. The highest BCUT2D eigenvalue weighted by Gasteiger charge is 2.38.